The topological polar surface area (TPSA) is 84.1 Å². The van der Waals surface area contributed by atoms with Crippen LogP contribution in [0.1, 0.15) is 43.0 Å². The number of nitrogens with one attached hydrogen (secondary N) is 1. The van der Waals surface area contributed by atoms with Gasteiger partial charge >= 0.3 is 0 Å². The van der Waals surface area contributed by atoms with E-state index in [4.69, 9.17) is 14.2 Å². The van der Waals surface area contributed by atoms with Crippen molar-refractivity contribution in [3.05, 3.63) is 59.3 Å². The standard InChI is InChI=1S/C28H33N3O5/c1-5-13-36-22-11-10-18(15-23(22)35-4)20-16-31-24(32)17-30(12-14-34-3)27(33)28(31,2)26-25(20)19-8-6-7-9-21(19)29-26/h6-11,15,20,29H,5,12-14,16-17H2,1-4H3/t20?,28-/m0/s1. The van der Waals surface area contributed by atoms with E-state index >= 15 is 0 Å². The maximum Gasteiger partial charge on any atom is 0.255 e. The number of ether oxygens (including phenoxy) is 3. The molecule has 2 aliphatic heterocycles. The van der Waals surface area contributed by atoms with Gasteiger partial charge in [-0.15, -0.1) is 0 Å². The molecule has 1 fully saturated rings. The lowest BCUT2D eigenvalue weighted by Crippen LogP contribution is -2.67. The van der Waals surface area contributed by atoms with Crippen molar-refractivity contribution in [3.63, 3.8) is 0 Å². The lowest BCUT2D eigenvalue weighted by Gasteiger charge is -2.51. The molecule has 8 nitrogen and oxygen atoms in total. The largest absolute Gasteiger partial charge is 0.493 e. The Morgan fingerprint density at radius 1 is 1.08 bits per heavy atom. The normalized spacial score (nSPS) is 21.5. The second kappa shape index (κ2) is 9.50. The predicted molar refractivity (Wildman–Crippen MR) is 136 cm³/mol. The summed E-state index contributed by atoms with van der Waals surface area (Å²) < 4.78 is 16.7. The van der Waals surface area contributed by atoms with Crippen LogP contribution in [0.5, 0.6) is 11.5 Å². The second-order valence-electron chi connectivity index (χ2n) is 9.57. The first-order chi connectivity index (χ1) is 17.4. The second-order valence-corrected chi connectivity index (χ2v) is 9.57. The summed E-state index contributed by atoms with van der Waals surface area (Å²) in [5.41, 5.74) is 2.64. The minimum Gasteiger partial charge on any atom is -0.493 e. The van der Waals surface area contributed by atoms with Crippen molar-refractivity contribution >= 4 is 22.7 Å². The van der Waals surface area contributed by atoms with E-state index in [0.717, 1.165) is 34.1 Å². The molecule has 8 heteroatoms. The third-order valence-corrected chi connectivity index (χ3v) is 7.43. The average molecular weight is 492 g/mol. The number of hydrogen-bond donors (Lipinski definition) is 1. The fourth-order valence-electron chi connectivity index (χ4n) is 5.59. The zero-order valence-electron chi connectivity index (χ0n) is 21.3. The number of nitrogens with zero attached hydrogens (tertiary/aromatic N) is 2. The molecule has 3 heterocycles. The number of carbonyl (C=O) groups excluding carboxylic acids is 2. The smallest absolute Gasteiger partial charge is 0.255 e. The van der Waals surface area contributed by atoms with Gasteiger partial charge in [0.25, 0.3) is 5.91 Å². The SMILES string of the molecule is CCCOc1ccc(C2CN3C(=O)CN(CCOC)C(=O)[C@]3(C)c3[nH]c4ccccc4c32)cc1OC. The molecule has 5 rings (SSSR count). The van der Waals surface area contributed by atoms with Gasteiger partial charge in [0, 0.05) is 37.0 Å². The van der Waals surface area contributed by atoms with Gasteiger partial charge in [0.05, 0.1) is 32.6 Å². The van der Waals surface area contributed by atoms with Crippen LogP contribution < -0.4 is 9.47 Å². The van der Waals surface area contributed by atoms with Gasteiger partial charge in [0.2, 0.25) is 5.91 Å². The van der Waals surface area contributed by atoms with Crippen LogP contribution in [0.15, 0.2) is 42.5 Å². The Balaban J connectivity index is 1.66. The van der Waals surface area contributed by atoms with Crippen LogP contribution in [0.25, 0.3) is 10.9 Å². The number of fused-ring (bicyclic) bond motifs is 5. The molecule has 1 N–H and O–H groups in total. The van der Waals surface area contributed by atoms with Crippen molar-refractivity contribution < 1.29 is 23.8 Å². The molecular formula is C28H33N3O5. The van der Waals surface area contributed by atoms with Crippen molar-refractivity contribution in [2.24, 2.45) is 0 Å². The molecule has 36 heavy (non-hydrogen) atoms. The van der Waals surface area contributed by atoms with Crippen LogP contribution >= 0.6 is 0 Å². The molecule has 1 aromatic heterocycles. The molecule has 2 aromatic carbocycles. The number of aromatic nitrogens is 1. The minimum atomic E-state index is -1.12. The van der Waals surface area contributed by atoms with Crippen LogP contribution in [0.2, 0.25) is 0 Å². The molecule has 2 aliphatic rings. The van der Waals surface area contributed by atoms with Gasteiger partial charge in [0.1, 0.15) is 0 Å². The zero-order chi connectivity index (χ0) is 25.4. The predicted octanol–water partition coefficient (Wildman–Crippen LogP) is 3.64. The Labute approximate surface area is 211 Å². The molecule has 0 saturated carbocycles. The number of amides is 2. The minimum absolute atomic E-state index is 0.0488. The molecule has 190 valence electrons. The van der Waals surface area contributed by atoms with E-state index < -0.39 is 5.54 Å². The lowest BCUT2D eigenvalue weighted by molar-refractivity contribution is -0.166. The van der Waals surface area contributed by atoms with Crippen molar-refractivity contribution in [2.75, 3.05) is 47.1 Å². The van der Waals surface area contributed by atoms with E-state index in [0.29, 0.717) is 37.8 Å². The Morgan fingerprint density at radius 2 is 1.89 bits per heavy atom. The summed E-state index contributed by atoms with van der Waals surface area (Å²) in [6, 6.07) is 14.0. The molecule has 3 aromatic rings. The number of benzene rings is 2. The van der Waals surface area contributed by atoms with Gasteiger partial charge < -0.3 is 29.0 Å². The van der Waals surface area contributed by atoms with Crippen LogP contribution in [0.3, 0.4) is 0 Å². The molecule has 2 amide bonds. The summed E-state index contributed by atoms with van der Waals surface area (Å²) in [6.45, 7) is 5.72. The highest BCUT2D eigenvalue weighted by molar-refractivity contribution is 6.01. The molecule has 0 spiro atoms. The molecule has 0 radical (unpaired) electrons. The maximum atomic E-state index is 13.9. The number of aromatic amines is 1. The van der Waals surface area contributed by atoms with E-state index in [9.17, 15) is 9.59 Å². The van der Waals surface area contributed by atoms with Crippen LogP contribution in [0, 0.1) is 0 Å². The quantitative estimate of drug-likeness (QED) is 0.520. The molecule has 1 unspecified atom stereocenters. The highest BCUT2D eigenvalue weighted by atomic mass is 16.5. The summed E-state index contributed by atoms with van der Waals surface area (Å²) in [6.07, 6.45) is 0.900. The van der Waals surface area contributed by atoms with Crippen molar-refractivity contribution in [1.82, 2.24) is 14.8 Å². The first-order valence-electron chi connectivity index (χ1n) is 12.4. The Bertz CT molecular complexity index is 1300. The van der Waals surface area contributed by atoms with E-state index in [1.165, 1.54) is 0 Å². The fraction of sp³-hybridized carbons (Fsp3) is 0.429. The molecule has 2 atom stereocenters. The Hall–Kier alpha value is -3.52. The number of rotatable bonds is 8. The van der Waals surface area contributed by atoms with Gasteiger partial charge in [-0.05, 0) is 42.7 Å². The van der Waals surface area contributed by atoms with Gasteiger partial charge in [-0.2, -0.15) is 0 Å². The van der Waals surface area contributed by atoms with Crippen molar-refractivity contribution in [2.45, 2.75) is 31.7 Å². The third kappa shape index (κ3) is 3.71. The number of hydrogen-bond acceptors (Lipinski definition) is 5. The summed E-state index contributed by atoms with van der Waals surface area (Å²) in [5, 5.41) is 1.05. The van der Waals surface area contributed by atoms with Gasteiger partial charge in [0.15, 0.2) is 17.0 Å². The third-order valence-electron chi connectivity index (χ3n) is 7.43. The zero-order valence-corrected chi connectivity index (χ0v) is 21.3. The first-order valence-corrected chi connectivity index (χ1v) is 12.4. The molecule has 0 aliphatic carbocycles. The van der Waals surface area contributed by atoms with E-state index in [-0.39, 0.29) is 24.3 Å². The highest BCUT2D eigenvalue weighted by Gasteiger charge is 2.56. The van der Waals surface area contributed by atoms with Crippen LogP contribution in [0.4, 0.5) is 0 Å². The number of methoxy groups -OCH3 is 2. The van der Waals surface area contributed by atoms with Gasteiger partial charge in [-0.25, -0.2) is 0 Å². The van der Waals surface area contributed by atoms with E-state index in [2.05, 4.69) is 18.0 Å². The van der Waals surface area contributed by atoms with Crippen LogP contribution in [-0.2, 0) is 19.9 Å². The van der Waals surface area contributed by atoms with Gasteiger partial charge in [-0.3, -0.25) is 9.59 Å². The summed E-state index contributed by atoms with van der Waals surface area (Å²) in [5.74, 6) is 1.05. The monoisotopic (exact) mass is 491 g/mol. The number of para-hydroxylation sites is 1. The summed E-state index contributed by atoms with van der Waals surface area (Å²) >= 11 is 0. The number of piperazine rings is 1. The van der Waals surface area contributed by atoms with E-state index in [1.54, 1.807) is 24.0 Å². The van der Waals surface area contributed by atoms with Crippen molar-refractivity contribution in [1.29, 1.82) is 0 Å². The average Bonchev–Trinajstić information content (AvgIpc) is 3.29. The summed E-state index contributed by atoms with van der Waals surface area (Å²) in [7, 11) is 3.23. The first kappa shape index (κ1) is 24.2. The maximum absolute atomic E-state index is 13.9. The van der Waals surface area contributed by atoms with E-state index in [1.807, 2.05) is 43.3 Å². The van der Waals surface area contributed by atoms with Gasteiger partial charge in [-0.1, -0.05) is 31.2 Å². The summed E-state index contributed by atoms with van der Waals surface area (Å²) in [4.78, 5) is 34.2. The molecule has 1 saturated heterocycles. The van der Waals surface area contributed by atoms with Crippen LogP contribution in [-0.4, -0.2) is 73.7 Å². The van der Waals surface area contributed by atoms with Crippen molar-refractivity contribution in [3.8, 4) is 11.5 Å². The Kier molecular flexibility index (Phi) is 6.38. The Morgan fingerprint density at radius 3 is 2.64 bits per heavy atom. The number of H-pyrrole nitrogens is 1. The number of carbonyl (C=O) groups is 2. The highest BCUT2D eigenvalue weighted by Crippen LogP contribution is 2.48. The molecule has 0 bridgehead atoms. The lowest BCUT2D eigenvalue weighted by atomic mass is 9.76. The molecular weight excluding hydrogens is 458 g/mol. The fourth-order valence-corrected chi connectivity index (χ4v) is 5.59.